The van der Waals surface area contributed by atoms with Crippen molar-refractivity contribution in [1.82, 2.24) is 0 Å². The molecule has 0 amide bonds. The maximum absolute atomic E-state index is 2.45. The van der Waals surface area contributed by atoms with Crippen LogP contribution in [0.15, 0.2) is 218 Å². The van der Waals surface area contributed by atoms with E-state index in [1.165, 1.54) is 66.7 Å². The Morgan fingerprint density at radius 2 is 0.727 bits per heavy atom. The highest BCUT2D eigenvalue weighted by atomic mass is 15.2. The molecule has 55 heavy (non-hydrogen) atoms. The van der Waals surface area contributed by atoms with Crippen LogP contribution in [0.1, 0.15) is 22.3 Å². The Bertz CT molecular complexity index is 2770. The fourth-order valence-electron chi connectivity index (χ4n) is 9.55. The van der Waals surface area contributed by atoms with Crippen molar-refractivity contribution in [3.05, 3.63) is 241 Å². The summed E-state index contributed by atoms with van der Waals surface area (Å²) in [6, 6.07) is 79.9. The van der Waals surface area contributed by atoms with E-state index < -0.39 is 5.41 Å². The SMILES string of the molecule is c1ccc(N(c2ccccc2)c2cccc3c2-c2ccccc2C32c3ccccc3-c3c(N(c4ccccc4)c4ccccc4)cc4ccccc4c32)cc1. The number of nitrogens with zero attached hydrogens (tertiary/aromatic N) is 2. The van der Waals surface area contributed by atoms with E-state index in [4.69, 9.17) is 0 Å². The molecule has 1 atom stereocenters. The molecule has 0 heterocycles. The summed E-state index contributed by atoms with van der Waals surface area (Å²) in [7, 11) is 0. The molecule has 9 aromatic carbocycles. The van der Waals surface area contributed by atoms with Crippen LogP contribution in [0.3, 0.4) is 0 Å². The van der Waals surface area contributed by atoms with Gasteiger partial charge in [-0.3, -0.25) is 0 Å². The largest absolute Gasteiger partial charge is 0.310 e. The van der Waals surface area contributed by atoms with Crippen molar-refractivity contribution in [3.8, 4) is 22.3 Å². The first-order valence-corrected chi connectivity index (χ1v) is 19.0. The van der Waals surface area contributed by atoms with Crippen molar-refractivity contribution < 1.29 is 0 Å². The van der Waals surface area contributed by atoms with Crippen LogP contribution in [0.5, 0.6) is 0 Å². The normalized spacial score (nSPS) is 14.6. The molecule has 1 unspecified atom stereocenters. The second-order valence-electron chi connectivity index (χ2n) is 14.4. The molecule has 0 bridgehead atoms. The van der Waals surface area contributed by atoms with Gasteiger partial charge in [-0.2, -0.15) is 0 Å². The maximum Gasteiger partial charge on any atom is 0.0733 e. The van der Waals surface area contributed by atoms with E-state index in [0.29, 0.717) is 0 Å². The van der Waals surface area contributed by atoms with Crippen molar-refractivity contribution in [2.45, 2.75) is 5.41 Å². The van der Waals surface area contributed by atoms with Crippen LogP contribution in [0.4, 0.5) is 34.1 Å². The van der Waals surface area contributed by atoms with Crippen LogP contribution in [0, 0.1) is 0 Å². The zero-order chi connectivity index (χ0) is 36.3. The van der Waals surface area contributed by atoms with E-state index in [9.17, 15) is 0 Å². The van der Waals surface area contributed by atoms with Crippen LogP contribution in [-0.2, 0) is 5.41 Å². The first kappa shape index (κ1) is 31.4. The standard InChI is InChI=1S/C53H36N2/c1-5-21-38(22-6-1)54(39-23-7-2-8-24-39)48-35-19-34-47-50(48)43-30-15-17-32-45(43)53(47)46-33-18-16-31-44(46)51-49(36-37-20-13-14-29-42(37)52(51)53)55(40-25-9-3-10-26-40)41-27-11-4-12-28-41/h1-36H. The summed E-state index contributed by atoms with van der Waals surface area (Å²) in [4.78, 5) is 4.88. The molecule has 2 heteroatoms. The van der Waals surface area contributed by atoms with E-state index in [1.54, 1.807) is 0 Å². The van der Waals surface area contributed by atoms with Gasteiger partial charge >= 0.3 is 0 Å². The second kappa shape index (κ2) is 12.5. The molecule has 0 saturated carbocycles. The van der Waals surface area contributed by atoms with Gasteiger partial charge in [-0.15, -0.1) is 0 Å². The molecule has 0 saturated heterocycles. The minimum absolute atomic E-state index is 0.568. The van der Waals surface area contributed by atoms with Gasteiger partial charge in [0.1, 0.15) is 0 Å². The van der Waals surface area contributed by atoms with Gasteiger partial charge < -0.3 is 9.80 Å². The number of anilines is 6. The highest BCUT2D eigenvalue weighted by molar-refractivity contribution is 6.11. The van der Waals surface area contributed by atoms with E-state index in [0.717, 1.165) is 22.7 Å². The lowest BCUT2D eigenvalue weighted by Crippen LogP contribution is -2.26. The smallest absolute Gasteiger partial charge is 0.0733 e. The molecule has 1 spiro atoms. The summed E-state index contributed by atoms with van der Waals surface area (Å²) < 4.78 is 0. The summed E-state index contributed by atoms with van der Waals surface area (Å²) in [6.45, 7) is 0. The van der Waals surface area contributed by atoms with Crippen molar-refractivity contribution in [2.75, 3.05) is 9.80 Å². The van der Waals surface area contributed by atoms with Crippen molar-refractivity contribution in [2.24, 2.45) is 0 Å². The average Bonchev–Trinajstić information content (AvgIpc) is 3.74. The number of hydrogen-bond acceptors (Lipinski definition) is 2. The maximum atomic E-state index is 2.45. The lowest BCUT2D eigenvalue weighted by molar-refractivity contribution is 0.801. The predicted molar refractivity (Wildman–Crippen MR) is 230 cm³/mol. The van der Waals surface area contributed by atoms with Gasteiger partial charge in [0.05, 0.1) is 16.8 Å². The minimum atomic E-state index is -0.568. The number of hydrogen-bond donors (Lipinski definition) is 0. The van der Waals surface area contributed by atoms with Crippen LogP contribution in [0.25, 0.3) is 33.0 Å². The van der Waals surface area contributed by atoms with Crippen molar-refractivity contribution in [3.63, 3.8) is 0 Å². The zero-order valence-corrected chi connectivity index (χ0v) is 30.2. The molecule has 258 valence electrons. The topological polar surface area (TPSA) is 6.48 Å². The molecule has 2 aliphatic rings. The zero-order valence-electron chi connectivity index (χ0n) is 30.2. The lowest BCUT2D eigenvalue weighted by atomic mass is 9.69. The minimum Gasteiger partial charge on any atom is -0.310 e. The molecular weight excluding hydrogens is 665 g/mol. The van der Waals surface area contributed by atoms with Gasteiger partial charge in [-0.05, 0) is 105 Å². The first-order valence-electron chi connectivity index (χ1n) is 19.0. The van der Waals surface area contributed by atoms with Gasteiger partial charge in [-0.25, -0.2) is 0 Å². The summed E-state index contributed by atoms with van der Waals surface area (Å²) >= 11 is 0. The summed E-state index contributed by atoms with van der Waals surface area (Å²) in [6.07, 6.45) is 0. The summed E-state index contributed by atoms with van der Waals surface area (Å²) in [5, 5.41) is 2.49. The Balaban J connectivity index is 1.29. The van der Waals surface area contributed by atoms with E-state index >= 15 is 0 Å². The van der Waals surface area contributed by atoms with E-state index in [2.05, 4.69) is 228 Å². The molecular formula is C53H36N2. The third-order valence-electron chi connectivity index (χ3n) is 11.6. The van der Waals surface area contributed by atoms with Crippen molar-refractivity contribution in [1.29, 1.82) is 0 Å². The second-order valence-corrected chi connectivity index (χ2v) is 14.4. The predicted octanol–water partition coefficient (Wildman–Crippen LogP) is 14.1. The number of fused-ring (bicyclic) bond motifs is 12. The molecule has 9 aromatic rings. The van der Waals surface area contributed by atoms with Crippen LogP contribution in [-0.4, -0.2) is 0 Å². The van der Waals surface area contributed by atoms with Gasteiger partial charge in [0.25, 0.3) is 0 Å². The quantitative estimate of drug-likeness (QED) is 0.170. The Morgan fingerprint density at radius 1 is 0.309 bits per heavy atom. The van der Waals surface area contributed by atoms with Gasteiger partial charge in [0.2, 0.25) is 0 Å². The average molecular weight is 701 g/mol. The summed E-state index contributed by atoms with van der Waals surface area (Å²) in [5.41, 5.74) is 16.6. The fraction of sp³-hybridized carbons (Fsp3) is 0.0189. The van der Waals surface area contributed by atoms with E-state index in [1.807, 2.05) is 0 Å². The van der Waals surface area contributed by atoms with Gasteiger partial charge in [0, 0.05) is 33.9 Å². The lowest BCUT2D eigenvalue weighted by Gasteiger charge is -2.33. The van der Waals surface area contributed by atoms with Gasteiger partial charge in [0.15, 0.2) is 0 Å². The van der Waals surface area contributed by atoms with Crippen LogP contribution >= 0.6 is 0 Å². The van der Waals surface area contributed by atoms with Crippen LogP contribution in [0.2, 0.25) is 0 Å². The Morgan fingerprint density at radius 3 is 1.27 bits per heavy atom. The fourth-order valence-corrected chi connectivity index (χ4v) is 9.55. The molecule has 0 radical (unpaired) electrons. The van der Waals surface area contributed by atoms with E-state index in [-0.39, 0.29) is 0 Å². The molecule has 2 nitrogen and oxygen atoms in total. The Hall–Kier alpha value is -7.16. The highest BCUT2D eigenvalue weighted by Gasteiger charge is 2.54. The highest BCUT2D eigenvalue weighted by Crippen LogP contribution is 2.67. The van der Waals surface area contributed by atoms with Crippen LogP contribution < -0.4 is 9.80 Å². The molecule has 11 rings (SSSR count). The molecule has 0 aromatic heterocycles. The Labute approximate surface area is 321 Å². The monoisotopic (exact) mass is 700 g/mol. The van der Waals surface area contributed by atoms with Gasteiger partial charge in [-0.1, -0.05) is 158 Å². The Kier molecular flexibility index (Phi) is 7.11. The number of benzene rings is 9. The summed E-state index contributed by atoms with van der Waals surface area (Å²) in [5.74, 6) is 0. The third-order valence-corrected chi connectivity index (χ3v) is 11.6. The molecule has 0 aliphatic heterocycles. The van der Waals surface area contributed by atoms with Crippen molar-refractivity contribution >= 4 is 44.9 Å². The third kappa shape index (κ3) is 4.55. The number of para-hydroxylation sites is 4. The first-order chi connectivity index (χ1) is 27.3. The molecule has 0 N–H and O–H groups in total. The number of rotatable bonds is 6. The molecule has 2 aliphatic carbocycles. The molecule has 0 fully saturated rings.